The summed E-state index contributed by atoms with van der Waals surface area (Å²) >= 11 is 0. The van der Waals surface area contributed by atoms with Gasteiger partial charge in [-0.25, -0.2) is 0 Å². The van der Waals surface area contributed by atoms with Crippen molar-refractivity contribution in [2.75, 3.05) is 41.0 Å². The summed E-state index contributed by atoms with van der Waals surface area (Å²) in [6.45, 7) is 14.1. The molecule has 7 nitrogen and oxygen atoms in total. The van der Waals surface area contributed by atoms with Crippen LogP contribution in [0, 0.1) is 0 Å². The van der Waals surface area contributed by atoms with Gasteiger partial charge in [0.15, 0.2) is 0 Å². The monoisotopic (exact) mass is 628 g/mol. The van der Waals surface area contributed by atoms with Gasteiger partial charge >= 0.3 is 0 Å². The number of hydrogen-bond donors (Lipinski definition) is 1. The summed E-state index contributed by atoms with van der Waals surface area (Å²) in [6, 6.07) is 21.5. The molecule has 0 aliphatic carbocycles. The Bertz CT molecular complexity index is 1100. The molecule has 0 spiro atoms. The third-order valence-corrected chi connectivity index (χ3v) is 14.2. The van der Waals surface area contributed by atoms with E-state index in [0.717, 1.165) is 25.7 Å². The second kappa shape index (κ2) is 16.6. The van der Waals surface area contributed by atoms with Crippen molar-refractivity contribution in [2.24, 2.45) is 0 Å². The lowest BCUT2D eigenvalue weighted by Crippen LogP contribution is -2.66. The molecule has 0 amide bonds. The van der Waals surface area contributed by atoms with Crippen LogP contribution in [-0.4, -0.2) is 77.9 Å². The molecule has 1 aliphatic rings. The van der Waals surface area contributed by atoms with Crippen LogP contribution in [0.3, 0.4) is 0 Å². The van der Waals surface area contributed by atoms with E-state index in [1.807, 2.05) is 6.92 Å². The predicted octanol–water partition coefficient (Wildman–Crippen LogP) is 5.98. The van der Waals surface area contributed by atoms with Gasteiger partial charge in [0.1, 0.15) is 13.6 Å². The highest BCUT2D eigenvalue weighted by molar-refractivity contribution is 6.99. The summed E-state index contributed by atoms with van der Waals surface area (Å²) in [6.07, 6.45) is 5.46. The van der Waals surface area contributed by atoms with Gasteiger partial charge < -0.3 is 33.2 Å². The largest absolute Gasteiger partial charge is 0.404 e. The molecule has 8 heteroatoms. The van der Waals surface area contributed by atoms with E-state index in [-0.39, 0.29) is 37.4 Å². The number of hydrogen-bond acceptors (Lipinski definition) is 7. The third-order valence-electron chi connectivity index (χ3n) is 9.16. The lowest BCUT2D eigenvalue weighted by Gasteiger charge is -2.48. The van der Waals surface area contributed by atoms with Gasteiger partial charge in [-0.05, 0) is 61.9 Å². The fourth-order valence-electron chi connectivity index (χ4n) is 6.44. The number of methoxy groups -OCH3 is 2. The van der Waals surface area contributed by atoms with Crippen molar-refractivity contribution in [3.63, 3.8) is 0 Å². The van der Waals surface area contributed by atoms with Gasteiger partial charge in [0.2, 0.25) is 0 Å². The molecule has 3 rings (SSSR count). The summed E-state index contributed by atoms with van der Waals surface area (Å²) in [4.78, 5) is 0. The van der Waals surface area contributed by atoms with E-state index in [0.29, 0.717) is 13.0 Å². The van der Waals surface area contributed by atoms with Crippen molar-refractivity contribution in [2.45, 2.75) is 102 Å². The summed E-state index contributed by atoms with van der Waals surface area (Å²) < 4.78 is 36.6. The van der Waals surface area contributed by atoms with Crippen LogP contribution >= 0.6 is 0 Å². The van der Waals surface area contributed by atoms with Gasteiger partial charge in [0.05, 0.1) is 30.0 Å². The average Bonchev–Trinajstić information content (AvgIpc) is 3.01. The molecular weight excluding hydrogens is 572 g/mol. The summed E-state index contributed by atoms with van der Waals surface area (Å²) in [5.41, 5.74) is 0.0798. The van der Waals surface area contributed by atoms with Crippen LogP contribution in [0.5, 0.6) is 0 Å². The molecule has 0 saturated carbocycles. The fraction of sp³-hybridized carbons (Fsp3) is 0.611. The Morgan fingerprint density at radius 1 is 0.977 bits per heavy atom. The van der Waals surface area contributed by atoms with Gasteiger partial charge in [-0.15, -0.1) is 0 Å². The number of benzene rings is 2. The van der Waals surface area contributed by atoms with Gasteiger partial charge in [-0.1, -0.05) is 93.1 Å². The molecule has 246 valence electrons. The Hall–Kier alpha value is -1.88. The van der Waals surface area contributed by atoms with Crippen LogP contribution in [-0.2, 0) is 28.1 Å². The molecule has 1 aliphatic heterocycles. The van der Waals surface area contributed by atoms with Crippen LogP contribution in [0.2, 0.25) is 5.04 Å². The second-order valence-corrected chi connectivity index (χ2v) is 17.7. The Morgan fingerprint density at radius 2 is 1.57 bits per heavy atom. The third kappa shape index (κ3) is 8.89. The minimum atomic E-state index is -2.61. The number of aliphatic hydroxyl groups is 1. The van der Waals surface area contributed by atoms with Gasteiger partial charge in [0, 0.05) is 27.2 Å². The van der Waals surface area contributed by atoms with E-state index in [1.54, 1.807) is 14.2 Å². The van der Waals surface area contributed by atoms with Crippen molar-refractivity contribution < 1.29 is 33.2 Å². The highest BCUT2D eigenvalue weighted by Gasteiger charge is 2.50. The Balaban J connectivity index is 1.79. The van der Waals surface area contributed by atoms with Crippen LogP contribution in [0.15, 0.2) is 72.3 Å². The first-order valence-electron chi connectivity index (χ1n) is 15.9. The normalized spacial score (nSPS) is 23.0. The molecule has 1 fully saturated rings. The van der Waals surface area contributed by atoms with Crippen LogP contribution < -0.4 is 10.4 Å². The zero-order valence-corrected chi connectivity index (χ0v) is 29.3. The molecule has 1 heterocycles. The highest BCUT2D eigenvalue weighted by atomic mass is 28.4. The number of aliphatic hydroxyl groups excluding tert-OH is 1. The lowest BCUT2D eigenvalue weighted by molar-refractivity contribution is -0.266. The molecule has 0 aromatic heterocycles. The van der Waals surface area contributed by atoms with E-state index in [2.05, 4.69) is 101 Å². The minimum absolute atomic E-state index is 0.00929. The topological polar surface area (TPSA) is 75.6 Å². The molecular formula is C36H56O7Si. The van der Waals surface area contributed by atoms with E-state index < -0.39 is 19.5 Å². The maximum Gasteiger partial charge on any atom is 0.261 e. The first-order chi connectivity index (χ1) is 21.0. The molecule has 0 unspecified atom stereocenters. The van der Waals surface area contributed by atoms with E-state index >= 15 is 0 Å². The Morgan fingerprint density at radius 3 is 2.09 bits per heavy atom. The molecule has 44 heavy (non-hydrogen) atoms. The first kappa shape index (κ1) is 36.6. The standard InChI is InChI=1S/C36H56O7Si/c1-29(22-26-42-44(34(2,3)4,30-15-11-9-12-16-30)31-17-13-10-14-18-31)19-20-32-35(5,40-27-38-7)23-21-33(43-32)36(6,24-25-37)41-28-39-8/h9-18,22,32-33,37H,19-21,23-28H2,1-8H3/b29-22+/t32-,33+,35+,36-/m1/s1. The van der Waals surface area contributed by atoms with Crippen LogP contribution in [0.25, 0.3) is 0 Å². The van der Waals surface area contributed by atoms with E-state index in [1.165, 1.54) is 15.9 Å². The fourth-order valence-corrected chi connectivity index (χ4v) is 10.9. The Kier molecular flexibility index (Phi) is 13.8. The molecule has 2 aromatic rings. The Labute approximate surface area is 267 Å². The smallest absolute Gasteiger partial charge is 0.261 e. The quantitative estimate of drug-likeness (QED) is 0.131. The molecule has 0 bridgehead atoms. The second-order valence-electron chi connectivity index (χ2n) is 13.4. The van der Waals surface area contributed by atoms with Gasteiger partial charge in [-0.3, -0.25) is 0 Å². The van der Waals surface area contributed by atoms with Crippen molar-refractivity contribution in [3.8, 4) is 0 Å². The van der Waals surface area contributed by atoms with E-state index in [9.17, 15) is 5.11 Å². The SMILES string of the molecule is COCO[C@](C)(CCO)[C@@H]1CC[C@](C)(OCOC)[C@@H](CC/C(C)=C/CO[Si](c2ccccc2)(c2ccccc2)C(C)(C)C)O1. The molecule has 4 atom stereocenters. The van der Waals surface area contributed by atoms with Crippen LogP contribution in [0.4, 0.5) is 0 Å². The molecule has 1 saturated heterocycles. The van der Waals surface area contributed by atoms with Crippen molar-refractivity contribution in [1.82, 2.24) is 0 Å². The molecule has 0 radical (unpaired) electrons. The van der Waals surface area contributed by atoms with Gasteiger partial charge in [0.25, 0.3) is 8.32 Å². The molecule has 1 N–H and O–H groups in total. The highest BCUT2D eigenvalue weighted by Crippen LogP contribution is 2.41. The summed E-state index contributed by atoms with van der Waals surface area (Å²) in [5, 5.41) is 12.3. The minimum Gasteiger partial charge on any atom is -0.404 e. The zero-order chi connectivity index (χ0) is 32.3. The number of rotatable bonds is 17. The first-order valence-corrected chi connectivity index (χ1v) is 17.8. The van der Waals surface area contributed by atoms with Crippen molar-refractivity contribution in [3.05, 3.63) is 72.3 Å². The van der Waals surface area contributed by atoms with E-state index in [4.69, 9.17) is 28.1 Å². The summed E-state index contributed by atoms with van der Waals surface area (Å²) in [7, 11) is 0.636. The lowest BCUT2D eigenvalue weighted by atomic mass is 9.80. The predicted molar refractivity (Wildman–Crippen MR) is 179 cm³/mol. The number of ether oxygens (including phenoxy) is 5. The number of allylic oxidation sites excluding steroid dienone is 1. The van der Waals surface area contributed by atoms with Crippen molar-refractivity contribution >= 4 is 18.7 Å². The maximum atomic E-state index is 9.79. The zero-order valence-electron chi connectivity index (χ0n) is 28.3. The van der Waals surface area contributed by atoms with Crippen molar-refractivity contribution in [1.29, 1.82) is 0 Å². The maximum absolute atomic E-state index is 9.79. The average molecular weight is 629 g/mol. The van der Waals surface area contributed by atoms with Gasteiger partial charge in [-0.2, -0.15) is 0 Å². The van der Waals surface area contributed by atoms with Crippen LogP contribution in [0.1, 0.15) is 73.6 Å². The summed E-state index contributed by atoms with van der Waals surface area (Å²) in [5.74, 6) is 0. The molecule has 2 aromatic carbocycles.